The first-order valence-electron chi connectivity index (χ1n) is 6.02. The van der Waals surface area contributed by atoms with E-state index in [1.807, 2.05) is 0 Å². The Morgan fingerprint density at radius 3 is 2.67 bits per heavy atom. The number of halogens is 3. The van der Waals surface area contributed by atoms with Crippen LogP contribution >= 0.6 is 0 Å². The minimum absolute atomic E-state index is 0.237. The van der Waals surface area contributed by atoms with Crippen LogP contribution in [0.3, 0.4) is 0 Å². The summed E-state index contributed by atoms with van der Waals surface area (Å²) >= 11 is 0. The van der Waals surface area contributed by atoms with Crippen molar-refractivity contribution in [3.63, 3.8) is 0 Å². The second-order valence-corrected chi connectivity index (χ2v) is 4.20. The van der Waals surface area contributed by atoms with Crippen LogP contribution < -0.4 is 10.6 Å². The molecule has 1 amide bonds. The van der Waals surface area contributed by atoms with Gasteiger partial charge in [-0.2, -0.15) is 13.2 Å². The second kappa shape index (κ2) is 5.82. The second-order valence-electron chi connectivity index (χ2n) is 4.20. The molecule has 0 unspecified atom stereocenters. The van der Waals surface area contributed by atoms with Gasteiger partial charge in [0.25, 0.3) is 5.91 Å². The van der Waals surface area contributed by atoms with Crippen LogP contribution in [-0.2, 0) is 6.18 Å². The number of aromatic nitrogens is 1. The summed E-state index contributed by atoms with van der Waals surface area (Å²) in [5, 5.41) is 5.24. The van der Waals surface area contributed by atoms with Gasteiger partial charge in [-0.3, -0.25) is 9.78 Å². The van der Waals surface area contributed by atoms with E-state index in [4.69, 9.17) is 0 Å². The number of hydrogen-bond donors (Lipinski definition) is 2. The highest BCUT2D eigenvalue weighted by atomic mass is 19.4. The molecule has 0 saturated carbocycles. The number of benzene rings is 1. The normalized spacial score (nSPS) is 11.0. The number of nitrogens with one attached hydrogen (secondary N) is 2. The van der Waals surface area contributed by atoms with Gasteiger partial charge < -0.3 is 10.6 Å². The highest BCUT2D eigenvalue weighted by molar-refractivity contribution is 5.99. The minimum atomic E-state index is -4.42. The third-order valence-corrected chi connectivity index (χ3v) is 2.76. The summed E-state index contributed by atoms with van der Waals surface area (Å²) in [5.41, 5.74) is 0.102. The van der Waals surface area contributed by atoms with Gasteiger partial charge in [0.1, 0.15) is 0 Å². The number of hydrogen-bond acceptors (Lipinski definition) is 3. The molecule has 0 aliphatic heterocycles. The number of alkyl halides is 3. The Morgan fingerprint density at radius 1 is 1.24 bits per heavy atom. The maximum absolute atomic E-state index is 12.7. The van der Waals surface area contributed by atoms with Crippen LogP contribution in [0.4, 0.5) is 24.5 Å². The highest BCUT2D eigenvalue weighted by Gasteiger charge is 2.30. The Morgan fingerprint density at radius 2 is 2.00 bits per heavy atom. The fourth-order valence-electron chi connectivity index (χ4n) is 1.75. The molecule has 1 aromatic carbocycles. The molecule has 0 aliphatic carbocycles. The van der Waals surface area contributed by atoms with E-state index in [1.54, 1.807) is 0 Å². The van der Waals surface area contributed by atoms with E-state index in [0.717, 1.165) is 12.1 Å². The topological polar surface area (TPSA) is 54.0 Å². The van der Waals surface area contributed by atoms with E-state index in [0.29, 0.717) is 5.69 Å². The third-order valence-electron chi connectivity index (χ3n) is 2.76. The van der Waals surface area contributed by atoms with Crippen LogP contribution in [0.25, 0.3) is 0 Å². The van der Waals surface area contributed by atoms with Gasteiger partial charge in [-0.15, -0.1) is 0 Å². The van der Waals surface area contributed by atoms with Crippen LogP contribution in [-0.4, -0.2) is 17.9 Å². The van der Waals surface area contributed by atoms with Gasteiger partial charge in [0.05, 0.1) is 16.8 Å². The first-order valence-corrected chi connectivity index (χ1v) is 6.02. The molecule has 2 rings (SSSR count). The number of carbonyl (C=O) groups is 1. The van der Waals surface area contributed by atoms with E-state index in [-0.39, 0.29) is 17.2 Å². The maximum Gasteiger partial charge on any atom is 0.416 e. The van der Waals surface area contributed by atoms with Crippen molar-refractivity contribution >= 4 is 17.3 Å². The van der Waals surface area contributed by atoms with E-state index < -0.39 is 11.7 Å². The standard InChI is InChI=1S/C14H12F3N3O/c1-18-13(21)11-8-19-6-5-12(11)20-10-4-2-3-9(7-10)14(15,16)17/h2-8H,1H3,(H,18,21)(H,19,20). The zero-order valence-corrected chi connectivity index (χ0v) is 11.0. The van der Waals surface area contributed by atoms with Gasteiger partial charge in [-0.1, -0.05) is 6.07 Å². The molecule has 2 aromatic rings. The quantitative estimate of drug-likeness (QED) is 0.914. The average Bonchev–Trinajstić information content (AvgIpc) is 2.46. The molecule has 0 radical (unpaired) electrons. The molecule has 0 saturated heterocycles. The lowest BCUT2D eigenvalue weighted by Gasteiger charge is -2.12. The van der Waals surface area contributed by atoms with E-state index in [2.05, 4.69) is 15.6 Å². The molecule has 110 valence electrons. The molecule has 0 bridgehead atoms. The Labute approximate surface area is 119 Å². The molecule has 0 fully saturated rings. The molecule has 0 aliphatic rings. The number of anilines is 2. The Balaban J connectivity index is 2.33. The van der Waals surface area contributed by atoms with Gasteiger partial charge in [0.15, 0.2) is 0 Å². The van der Waals surface area contributed by atoms with Gasteiger partial charge in [0.2, 0.25) is 0 Å². The van der Waals surface area contributed by atoms with Crippen molar-refractivity contribution in [1.82, 2.24) is 10.3 Å². The molecule has 4 nitrogen and oxygen atoms in total. The number of carbonyl (C=O) groups excluding carboxylic acids is 1. The fraction of sp³-hybridized carbons (Fsp3) is 0.143. The summed E-state index contributed by atoms with van der Waals surface area (Å²) in [4.78, 5) is 15.5. The van der Waals surface area contributed by atoms with Crippen LogP contribution in [0.2, 0.25) is 0 Å². The maximum atomic E-state index is 12.7. The predicted molar refractivity (Wildman–Crippen MR) is 72.4 cm³/mol. The average molecular weight is 295 g/mol. The third kappa shape index (κ3) is 3.50. The van der Waals surface area contributed by atoms with Crippen molar-refractivity contribution in [3.05, 3.63) is 53.9 Å². The smallest absolute Gasteiger partial charge is 0.355 e. The first kappa shape index (κ1) is 14.8. The lowest BCUT2D eigenvalue weighted by atomic mass is 10.1. The van der Waals surface area contributed by atoms with Gasteiger partial charge in [-0.25, -0.2) is 0 Å². The highest BCUT2D eigenvalue weighted by Crippen LogP contribution is 2.31. The molecule has 7 heteroatoms. The molecule has 1 aromatic heterocycles. The molecule has 0 spiro atoms. The molecular formula is C14H12F3N3O. The van der Waals surface area contributed by atoms with Crippen molar-refractivity contribution in [2.75, 3.05) is 12.4 Å². The summed E-state index contributed by atoms with van der Waals surface area (Å²) in [7, 11) is 1.46. The van der Waals surface area contributed by atoms with Gasteiger partial charge in [0, 0.05) is 25.1 Å². The summed E-state index contributed by atoms with van der Waals surface area (Å²) < 4.78 is 38.0. The van der Waals surface area contributed by atoms with Gasteiger partial charge in [-0.05, 0) is 24.3 Å². The first-order chi connectivity index (χ1) is 9.91. The lowest BCUT2D eigenvalue weighted by molar-refractivity contribution is -0.137. The summed E-state index contributed by atoms with van der Waals surface area (Å²) in [6, 6.07) is 6.27. The van der Waals surface area contributed by atoms with Crippen molar-refractivity contribution < 1.29 is 18.0 Å². The predicted octanol–water partition coefficient (Wildman–Crippen LogP) is 3.20. The summed E-state index contributed by atoms with van der Waals surface area (Å²) in [5.74, 6) is -0.377. The molecule has 1 heterocycles. The number of rotatable bonds is 3. The van der Waals surface area contributed by atoms with Crippen LogP contribution in [0, 0.1) is 0 Å². The SMILES string of the molecule is CNC(=O)c1cnccc1Nc1cccc(C(F)(F)F)c1. The number of nitrogens with zero attached hydrogens (tertiary/aromatic N) is 1. The largest absolute Gasteiger partial charge is 0.416 e. The van der Waals surface area contributed by atoms with Gasteiger partial charge >= 0.3 is 6.18 Å². The number of amides is 1. The van der Waals surface area contributed by atoms with Crippen molar-refractivity contribution in [2.45, 2.75) is 6.18 Å². The minimum Gasteiger partial charge on any atom is -0.355 e. The van der Waals surface area contributed by atoms with Crippen LogP contribution in [0.5, 0.6) is 0 Å². The molecular weight excluding hydrogens is 283 g/mol. The van der Waals surface area contributed by atoms with Crippen LogP contribution in [0.1, 0.15) is 15.9 Å². The molecule has 2 N–H and O–H groups in total. The summed E-state index contributed by atoms with van der Waals surface area (Å²) in [6.45, 7) is 0. The van der Waals surface area contributed by atoms with E-state index >= 15 is 0 Å². The Hall–Kier alpha value is -2.57. The monoisotopic (exact) mass is 295 g/mol. The Kier molecular flexibility index (Phi) is 4.11. The zero-order chi connectivity index (χ0) is 15.5. The lowest BCUT2D eigenvalue weighted by Crippen LogP contribution is -2.19. The van der Waals surface area contributed by atoms with Crippen LogP contribution in [0.15, 0.2) is 42.7 Å². The van der Waals surface area contributed by atoms with E-state index in [9.17, 15) is 18.0 Å². The summed E-state index contributed by atoms with van der Waals surface area (Å²) in [6.07, 6.45) is -1.63. The fourth-order valence-corrected chi connectivity index (χ4v) is 1.75. The Bertz CT molecular complexity index is 656. The molecule has 0 atom stereocenters. The van der Waals surface area contributed by atoms with E-state index in [1.165, 1.54) is 37.6 Å². The zero-order valence-electron chi connectivity index (χ0n) is 11.0. The molecule has 21 heavy (non-hydrogen) atoms. The number of pyridine rings is 1. The van der Waals surface area contributed by atoms with Crippen molar-refractivity contribution in [1.29, 1.82) is 0 Å². The van der Waals surface area contributed by atoms with Crippen molar-refractivity contribution in [3.8, 4) is 0 Å². The van der Waals surface area contributed by atoms with Crippen molar-refractivity contribution in [2.24, 2.45) is 0 Å².